The van der Waals surface area contributed by atoms with Gasteiger partial charge in [-0.05, 0) is 32.4 Å². The SMILES string of the molecule is CCCCCCCCCCCCCCCCC(COP(=O)(O)OCCCNC)CC(=O)CC. The molecule has 0 aliphatic carbocycles. The van der Waals surface area contributed by atoms with E-state index in [-0.39, 0.29) is 24.9 Å². The molecule has 2 atom stereocenters. The first kappa shape index (κ1) is 32.7. The van der Waals surface area contributed by atoms with Crippen molar-refractivity contribution in [1.29, 1.82) is 0 Å². The van der Waals surface area contributed by atoms with Crippen LogP contribution in [0.5, 0.6) is 0 Å². The maximum atomic E-state index is 12.0. The molecule has 0 saturated heterocycles. The summed E-state index contributed by atoms with van der Waals surface area (Å²) in [5.74, 6) is 0.160. The zero-order valence-electron chi connectivity index (χ0n) is 22.0. The lowest BCUT2D eigenvalue weighted by Gasteiger charge is -2.18. The van der Waals surface area contributed by atoms with E-state index in [2.05, 4.69) is 12.2 Å². The maximum absolute atomic E-state index is 12.0. The van der Waals surface area contributed by atoms with E-state index in [1.807, 2.05) is 14.0 Å². The molecular weight excluding hydrogens is 437 g/mol. The molecule has 6 nitrogen and oxygen atoms in total. The van der Waals surface area contributed by atoms with Crippen molar-refractivity contribution in [3.63, 3.8) is 0 Å². The van der Waals surface area contributed by atoms with E-state index in [4.69, 9.17) is 9.05 Å². The minimum atomic E-state index is -4.05. The summed E-state index contributed by atoms with van der Waals surface area (Å²) in [4.78, 5) is 21.8. The fourth-order valence-corrected chi connectivity index (χ4v) is 4.84. The maximum Gasteiger partial charge on any atom is 0.472 e. The monoisotopic (exact) mass is 491 g/mol. The fourth-order valence-electron chi connectivity index (χ4n) is 4.00. The second-order valence-corrected chi connectivity index (χ2v) is 10.9. The molecule has 0 saturated carbocycles. The molecule has 33 heavy (non-hydrogen) atoms. The number of ketones is 1. The summed E-state index contributed by atoms with van der Waals surface area (Å²) in [5.41, 5.74) is 0. The number of phosphoric ester groups is 1. The molecule has 0 bridgehead atoms. The zero-order valence-corrected chi connectivity index (χ0v) is 22.8. The quantitative estimate of drug-likeness (QED) is 0.0958. The van der Waals surface area contributed by atoms with Crippen LogP contribution in [0, 0.1) is 5.92 Å². The number of phosphoric acid groups is 1. The minimum absolute atomic E-state index is 0.0174. The minimum Gasteiger partial charge on any atom is -0.320 e. The molecule has 0 aromatic carbocycles. The van der Waals surface area contributed by atoms with Crippen molar-refractivity contribution in [2.75, 3.05) is 26.8 Å². The van der Waals surface area contributed by atoms with Gasteiger partial charge in [0.15, 0.2) is 0 Å². The van der Waals surface area contributed by atoms with Gasteiger partial charge in [-0.3, -0.25) is 13.8 Å². The molecule has 0 heterocycles. The van der Waals surface area contributed by atoms with Gasteiger partial charge in [-0.1, -0.05) is 104 Å². The summed E-state index contributed by atoms with van der Waals surface area (Å²) in [7, 11) is -2.23. The van der Waals surface area contributed by atoms with Crippen LogP contribution in [0.4, 0.5) is 0 Å². The van der Waals surface area contributed by atoms with E-state index < -0.39 is 7.82 Å². The molecule has 198 valence electrons. The van der Waals surface area contributed by atoms with Gasteiger partial charge in [0.2, 0.25) is 0 Å². The Morgan fingerprint density at radius 2 is 1.33 bits per heavy atom. The van der Waals surface area contributed by atoms with Crippen LogP contribution in [0.3, 0.4) is 0 Å². The molecule has 0 rings (SSSR count). The number of hydrogen-bond acceptors (Lipinski definition) is 5. The summed E-state index contributed by atoms with van der Waals surface area (Å²) >= 11 is 0. The average molecular weight is 492 g/mol. The molecule has 0 fully saturated rings. The number of rotatable bonds is 26. The molecule has 0 aromatic rings. The summed E-state index contributed by atoms with van der Waals surface area (Å²) in [6.45, 7) is 5.11. The number of hydrogen-bond donors (Lipinski definition) is 2. The highest BCUT2D eigenvalue weighted by molar-refractivity contribution is 7.47. The van der Waals surface area contributed by atoms with Gasteiger partial charge >= 0.3 is 7.82 Å². The van der Waals surface area contributed by atoms with E-state index in [1.54, 1.807) is 0 Å². The van der Waals surface area contributed by atoms with Gasteiger partial charge in [0.1, 0.15) is 5.78 Å². The number of unbranched alkanes of at least 4 members (excludes halogenated alkanes) is 13. The lowest BCUT2D eigenvalue weighted by molar-refractivity contribution is -0.120. The van der Waals surface area contributed by atoms with E-state index in [0.717, 1.165) is 19.3 Å². The molecule has 0 aliphatic rings. The Kier molecular flexibility index (Phi) is 23.3. The summed E-state index contributed by atoms with van der Waals surface area (Å²) < 4.78 is 22.3. The Labute approximate surface area is 204 Å². The topological polar surface area (TPSA) is 84.9 Å². The Morgan fingerprint density at radius 3 is 1.82 bits per heavy atom. The third kappa shape index (κ3) is 23.3. The highest BCUT2D eigenvalue weighted by Crippen LogP contribution is 2.44. The summed E-state index contributed by atoms with van der Waals surface area (Å²) in [6, 6.07) is 0. The molecule has 0 amide bonds. The van der Waals surface area contributed by atoms with Crippen LogP contribution in [0.25, 0.3) is 0 Å². The third-order valence-corrected chi connectivity index (χ3v) is 7.16. The van der Waals surface area contributed by atoms with E-state index in [1.165, 1.54) is 77.0 Å². The first-order valence-electron chi connectivity index (χ1n) is 13.7. The van der Waals surface area contributed by atoms with Crippen molar-refractivity contribution in [2.24, 2.45) is 5.92 Å². The van der Waals surface area contributed by atoms with Gasteiger partial charge in [0, 0.05) is 12.8 Å². The lowest BCUT2D eigenvalue weighted by atomic mass is 9.95. The normalized spacial score (nSPS) is 14.3. The van der Waals surface area contributed by atoms with Crippen LogP contribution in [0.2, 0.25) is 0 Å². The van der Waals surface area contributed by atoms with Crippen molar-refractivity contribution in [3.05, 3.63) is 0 Å². The van der Waals surface area contributed by atoms with Crippen LogP contribution in [0.1, 0.15) is 129 Å². The van der Waals surface area contributed by atoms with Crippen LogP contribution in [-0.4, -0.2) is 37.5 Å². The van der Waals surface area contributed by atoms with Gasteiger partial charge in [0.05, 0.1) is 13.2 Å². The molecule has 2 unspecified atom stereocenters. The highest BCUT2D eigenvalue weighted by atomic mass is 31.2. The van der Waals surface area contributed by atoms with Gasteiger partial charge in [0.25, 0.3) is 0 Å². The van der Waals surface area contributed by atoms with Gasteiger partial charge in [-0.2, -0.15) is 0 Å². The molecule has 0 spiro atoms. The zero-order chi connectivity index (χ0) is 24.6. The van der Waals surface area contributed by atoms with E-state index in [0.29, 0.717) is 25.8 Å². The molecule has 2 N–H and O–H groups in total. The van der Waals surface area contributed by atoms with Crippen LogP contribution < -0.4 is 5.32 Å². The van der Waals surface area contributed by atoms with E-state index >= 15 is 0 Å². The smallest absolute Gasteiger partial charge is 0.320 e. The second kappa shape index (κ2) is 23.5. The first-order valence-corrected chi connectivity index (χ1v) is 15.2. The Balaban J connectivity index is 3.87. The van der Waals surface area contributed by atoms with Crippen molar-refractivity contribution in [1.82, 2.24) is 5.32 Å². The van der Waals surface area contributed by atoms with Crippen LogP contribution in [0.15, 0.2) is 0 Å². The predicted octanol–water partition coefficient (Wildman–Crippen LogP) is 7.59. The van der Waals surface area contributed by atoms with Crippen molar-refractivity contribution in [2.45, 2.75) is 129 Å². The van der Waals surface area contributed by atoms with Gasteiger partial charge < -0.3 is 10.2 Å². The number of carbonyl (C=O) groups is 1. The first-order chi connectivity index (χ1) is 15.9. The molecule has 0 aliphatic heterocycles. The number of nitrogens with one attached hydrogen (secondary N) is 1. The van der Waals surface area contributed by atoms with Crippen molar-refractivity contribution < 1.29 is 23.3 Å². The fraction of sp³-hybridized carbons (Fsp3) is 0.962. The number of carbonyl (C=O) groups excluding carboxylic acids is 1. The van der Waals surface area contributed by atoms with E-state index in [9.17, 15) is 14.3 Å². The Morgan fingerprint density at radius 1 is 0.818 bits per heavy atom. The number of Topliss-reactive ketones (excluding diaryl/α,β-unsaturated/α-hetero) is 1. The predicted molar refractivity (Wildman–Crippen MR) is 139 cm³/mol. The van der Waals surface area contributed by atoms with Gasteiger partial charge in [-0.25, -0.2) is 4.57 Å². The lowest BCUT2D eigenvalue weighted by Crippen LogP contribution is -2.15. The second-order valence-electron chi connectivity index (χ2n) is 9.40. The summed E-state index contributed by atoms with van der Waals surface area (Å²) in [6.07, 6.45) is 20.8. The molecule has 7 heteroatoms. The van der Waals surface area contributed by atoms with Crippen molar-refractivity contribution in [3.8, 4) is 0 Å². The molecule has 0 radical (unpaired) electrons. The third-order valence-electron chi connectivity index (χ3n) is 6.18. The summed E-state index contributed by atoms with van der Waals surface area (Å²) in [5, 5.41) is 2.96. The highest BCUT2D eigenvalue weighted by Gasteiger charge is 2.24. The Bertz CT molecular complexity index is 489. The molecular formula is C26H54NO5P. The van der Waals surface area contributed by atoms with Crippen molar-refractivity contribution >= 4 is 13.6 Å². The van der Waals surface area contributed by atoms with Gasteiger partial charge in [-0.15, -0.1) is 0 Å². The average Bonchev–Trinajstić information content (AvgIpc) is 2.80. The largest absolute Gasteiger partial charge is 0.472 e. The van der Waals surface area contributed by atoms with Crippen LogP contribution in [-0.2, 0) is 18.4 Å². The standard InChI is InChI=1S/C26H54NO5P/c1-4-6-7-8-9-10-11-12-13-14-15-16-17-18-20-25(23-26(28)5-2)24-32-33(29,30)31-22-19-21-27-3/h25,27H,4-24H2,1-3H3,(H,29,30). The Hall–Kier alpha value is -0.260. The molecule has 0 aromatic heterocycles. The van der Waals surface area contributed by atoms with Crippen LogP contribution >= 0.6 is 7.82 Å².